The van der Waals surface area contributed by atoms with Gasteiger partial charge in [-0.3, -0.25) is 4.99 Å². The van der Waals surface area contributed by atoms with Crippen LogP contribution in [-0.2, 0) is 21.2 Å². The van der Waals surface area contributed by atoms with Gasteiger partial charge in [-0.2, -0.15) is 4.31 Å². The van der Waals surface area contributed by atoms with Crippen molar-refractivity contribution >= 4 is 16.0 Å². The molecule has 168 valence electrons. The first kappa shape index (κ1) is 21.8. The van der Waals surface area contributed by atoms with Crippen LogP contribution in [0.5, 0.6) is 0 Å². The largest absolute Gasteiger partial charge is 0.364 e. The zero-order valence-corrected chi connectivity index (χ0v) is 18.4. The lowest BCUT2D eigenvalue weighted by atomic mass is 9.95. The molecule has 0 unspecified atom stereocenters. The number of nitrogens with zero attached hydrogens (tertiary/aromatic N) is 4. The first-order chi connectivity index (χ1) is 14.9. The standard InChI is InChI=1S/C21H28FN5O3S/c1-2-23-20(24-16-21(8-9-21)18-5-3-4-6-19(18)22)26-10-12-27(13-11-26)31(28,29)15-17-7-14-30-25-17/h3-7,14H,2,8-13,15-16H2,1H3,(H,23,24). The van der Waals surface area contributed by atoms with Gasteiger partial charge in [0.2, 0.25) is 10.0 Å². The molecule has 0 bridgehead atoms. The van der Waals surface area contributed by atoms with E-state index in [1.807, 2.05) is 19.1 Å². The highest BCUT2D eigenvalue weighted by atomic mass is 32.2. The third-order valence-corrected chi connectivity index (χ3v) is 7.73. The topological polar surface area (TPSA) is 91.0 Å². The van der Waals surface area contributed by atoms with Gasteiger partial charge in [0.25, 0.3) is 0 Å². The van der Waals surface area contributed by atoms with Crippen LogP contribution in [0.1, 0.15) is 31.0 Å². The van der Waals surface area contributed by atoms with E-state index in [2.05, 4.69) is 15.4 Å². The lowest BCUT2D eigenvalue weighted by Crippen LogP contribution is -2.54. The fourth-order valence-electron chi connectivity index (χ4n) is 3.98. The fraction of sp³-hybridized carbons (Fsp3) is 0.524. The molecule has 0 spiro atoms. The van der Waals surface area contributed by atoms with Gasteiger partial charge in [-0.25, -0.2) is 12.8 Å². The Morgan fingerprint density at radius 3 is 2.58 bits per heavy atom. The number of nitrogens with one attached hydrogen (secondary N) is 1. The minimum Gasteiger partial charge on any atom is -0.364 e. The number of aliphatic imine (C=N–C) groups is 1. The van der Waals surface area contributed by atoms with Crippen LogP contribution in [0.2, 0.25) is 0 Å². The van der Waals surface area contributed by atoms with Gasteiger partial charge in [0.15, 0.2) is 5.96 Å². The first-order valence-electron chi connectivity index (χ1n) is 10.6. The number of hydrogen-bond acceptors (Lipinski definition) is 5. The summed E-state index contributed by atoms with van der Waals surface area (Å²) in [4.78, 5) is 6.88. The van der Waals surface area contributed by atoms with Crippen molar-refractivity contribution in [3.8, 4) is 0 Å². The first-order valence-corrected chi connectivity index (χ1v) is 12.2. The van der Waals surface area contributed by atoms with E-state index in [1.54, 1.807) is 12.1 Å². The Balaban J connectivity index is 1.40. The minimum absolute atomic E-state index is 0.164. The Morgan fingerprint density at radius 1 is 1.23 bits per heavy atom. The van der Waals surface area contributed by atoms with E-state index in [0.717, 1.165) is 24.4 Å². The van der Waals surface area contributed by atoms with Gasteiger partial charge in [-0.05, 0) is 31.4 Å². The van der Waals surface area contributed by atoms with Crippen LogP contribution in [0.4, 0.5) is 4.39 Å². The van der Waals surface area contributed by atoms with Crippen LogP contribution in [0.15, 0.2) is 46.1 Å². The van der Waals surface area contributed by atoms with Crippen LogP contribution < -0.4 is 5.32 Å². The molecule has 0 atom stereocenters. The second-order valence-electron chi connectivity index (χ2n) is 8.06. The number of guanidine groups is 1. The van der Waals surface area contributed by atoms with Crippen molar-refractivity contribution in [3.63, 3.8) is 0 Å². The van der Waals surface area contributed by atoms with E-state index in [9.17, 15) is 12.8 Å². The van der Waals surface area contributed by atoms with Crippen molar-refractivity contribution in [2.45, 2.75) is 30.9 Å². The maximum absolute atomic E-state index is 14.3. The number of aromatic nitrogens is 1. The summed E-state index contributed by atoms with van der Waals surface area (Å²) in [7, 11) is -3.45. The van der Waals surface area contributed by atoms with Crippen LogP contribution in [0, 0.1) is 5.82 Å². The second-order valence-corrected chi connectivity index (χ2v) is 10.0. The van der Waals surface area contributed by atoms with Crippen LogP contribution in [0.25, 0.3) is 0 Å². The summed E-state index contributed by atoms with van der Waals surface area (Å²) < 4.78 is 45.8. The van der Waals surface area contributed by atoms with Crippen molar-refractivity contribution in [2.24, 2.45) is 4.99 Å². The zero-order valence-electron chi connectivity index (χ0n) is 17.6. The Kier molecular flexibility index (Phi) is 6.29. The van der Waals surface area contributed by atoms with Gasteiger partial charge in [0, 0.05) is 44.2 Å². The van der Waals surface area contributed by atoms with Gasteiger partial charge in [0.05, 0.1) is 12.2 Å². The molecule has 1 saturated carbocycles. The number of halogens is 1. The summed E-state index contributed by atoms with van der Waals surface area (Å²) in [6.07, 6.45) is 3.21. The van der Waals surface area contributed by atoms with Crippen molar-refractivity contribution in [3.05, 3.63) is 53.7 Å². The molecule has 1 N–H and O–H groups in total. The van der Waals surface area contributed by atoms with E-state index >= 15 is 0 Å². The van der Waals surface area contributed by atoms with Gasteiger partial charge in [-0.1, -0.05) is 23.4 Å². The molecule has 2 aromatic rings. The quantitative estimate of drug-likeness (QED) is 0.513. The molecular formula is C21H28FN5O3S. The lowest BCUT2D eigenvalue weighted by Gasteiger charge is -2.36. The highest BCUT2D eigenvalue weighted by molar-refractivity contribution is 7.88. The molecule has 1 aromatic carbocycles. The summed E-state index contributed by atoms with van der Waals surface area (Å²) in [5.74, 6) is 0.410. The van der Waals surface area contributed by atoms with Gasteiger partial charge in [-0.15, -0.1) is 0 Å². The molecule has 2 fully saturated rings. The summed E-state index contributed by atoms with van der Waals surface area (Å²) >= 11 is 0. The Morgan fingerprint density at radius 2 is 1.97 bits per heavy atom. The second kappa shape index (κ2) is 8.96. The Labute approximate surface area is 182 Å². The molecule has 10 heteroatoms. The molecule has 1 aliphatic heterocycles. The molecule has 2 aliphatic rings. The molecule has 8 nitrogen and oxygen atoms in total. The smallest absolute Gasteiger partial charge is 0.220 e. The van der Waals surface area contributed by atoms with Gasteiger partial charge < -0.3 is 14.7 Å². The molecule has 2 heterocycles. The SMILES string of the molecule is CCNC(=NCC1(c2ccccc2F)CC1)N1CCN(S(=O)(=O)Cc2ccon2)CC1. The minimum atomic E-state index is -3.45. The number of sulfonamides is 1. The van der Waals surface area contributed by atoms with E-state index < -0.39 is 10.0 Å². The lowest BCUT2D eigenvalue weighted by molar-refractivity contribution is 0.259. The molecule has 4 rings (SSSR count). The summed E-state index contributed by atoms with van der Waals surface area (Å²) in [5, 5.41) is 7.00. The normalized spacial score (nSPS) is 19.4. The number of hydrogen-bond donors (Lipinski definition) is 1. The number of piperazine rings is 1. The number of benzene rings is 1. The monoisotopic (exact) mass is 449 g/mol. The molecule has 1 aliphatic carbocycles. The summed E-state index contributed by atoms with van der Waals surface area (Å²) in [5.41, 5.74) is 0.910. The van der Waals surface area contributed by atoms with Crippen molar-refractivity contribution in [1.82, 2.24) is 19.7 Å². The van der Waals surface area contributed by atoms with E-state index in [4.69, 9.17) is 9.52 Å². The Hall–Kier alpha value is -2.46. The van der Waals surface area contributed by atoms with Crippen LogP contribution in [0.3, 0.4) is 0 Å². The highest BCUT2D eigenvalue weighted by Crippen LogP contribution is 2.49. The predicted octanol–water partition coefficient (Wildman–Crippen LogP) is 1.96. The van der Waals surface area contributed by atoms with Gasteiger partial charge in [0.1, 0.15) is 17.8 Å². The number of rotatable bonds is 7. The molecule has 0 amide bonds. The summed E-state index contributed by atoms with van der Waals surface area (Å²) in [6.45, 7) is 5.05. The Bertz CT molecular complexity index is 1010. The molecule has 0 radical (unpaired) electrons. The van der Waals surface area contributed by atoms with E-state index in [0.29, 0.717) is 45.0 Å². The molecule has 1 saturated heterocycles. The fourth-order valence-corrected chi connectivity index (χ4v) is 5.40. The average Bonchev–Trinajstić information content (AvgIpc) is 3.38. The van der Waals surface area contributed by atoms with Gasteiger partial charge >= 0.3 is 0 Å². The molecule has 1 aromatic heterocycles. The van der Waals surface area contributed by atoms with Crippen molar-refractivity contribution in [1.29, 1.82) is 0 Å². The zero-order chi connectivity index (χ0) is 21.9. The molecular weight excluding hydrogens is 421 g/mol. The van der Waals surface area contributed by atoms with Crippen LogP contribution >= 0.6 is 0 Å². The third kappa shape index (κ3) is 4.90. The average molecular weight is 450 g/mol. The third-order valence-electron chi connectivity index (χ3n) is 5.92. The maximum Gasteiger partial charge on any atom is 0.220 e. The molecule has 31 heavy (non-hydrogen) atoms. The van der Waals surface area contributed by atoms with E-state index in [1.165, 1.54) is 16.6 Å². The predicted molar refractivity (Wildman–Crippen MR) is 116 cm³/mol. The van der Waals surface area contributed by atoms with E-state index in [-0.39, 0.29) is 17.0 Å². The highest BCUT2D eigenvalue weighted by Gasteiger charge is 2.46. The summed E-state index contributed by atoms with van der Waals surface area (Å²) in [6, 6.07) is 8.49. The maximum atomic E-state index is 14.3. The van der Waals surface area contributed by atoms with Crippen molar-refractivity contribution in [2.75, 3.05) is 39.3 Å². The van der Waals surface area contributed by atoms with Crippen LogP contribution in [-0.4, -0.2) is 68.0 Å². The van der Waals surface area contributed by atoms with Crippen molar-refractivity contribution < 1.29 is 17.3 Å².